The molecule has 11 heavy (non-hydrogen) atoms. The van der Waals surface area contributed by atoms with Crippen molar-refractivity contribution in [2.75, 3.05) is 20.6 Å². The lowest BCUT2D eigenvalue weighted by Crippen LogP contribution is -2.17. The molecule has 68 valence electrons. The van der Waals surface area contributed by atoms with E-state index in [0.29, 0.717) is 6.54 Å². The molecule has 0 saturated heterocycles. The number of hydroxylamine groups is 3. The maximum Gasteiger partial charge on any atom is 0.505 e. The molecule has 0 aliphatic rings. The molecule has 0 aromatic rings. The third-order valence-corrected chi connectivity index (χ3v) is 1.48. The van der Waals surface area contributed by atoms with Gasteiger partial charge >= 0.3 is 7.82 Å². The molecule has 6 nitrogen and oxygen atoms in total. The Labute approximate surface area is 65.6 Å². The van der Waals surface area contributed by atoms with Gasteiger partial charge < -0.3 is 4.89 Å². The second-order valence-corrected chi connectivity index (χ2v) is 3.23. The van der Waals surface area contributed by atoms with E-state index in [2.05, 4.69) is 14.7 Å². The lowest BCUT2D eigenvalue weighted by Gasteiger charge is -2.14. The summed E-state index contributed by atoms with van der Waals surface area (Å²) in [6.07, 6.45) is 0. The van der Waals surface area contributed by atoms with Crippen LogP contribution in [0.25, 0.3) is 0 Å². The van der Waals surface area contributed by atoms with Gasteiger partial charge in [0.25, 0.3) is 0 Å². The van der Waals surface area contributed by atoms with Crippen LogP contribution < -0.4 is 5.48 Å². The van der Waals surface area contributed by atoms with Crippen LogP contribution in [-0.4, -0.2) is 30.6 Å². The van der Waals surface area contributed by atoms with Crippen molar-refractivity contribution in [2.24, 2.45) is 0 Å². The summed E-state index contributed by atoms with van der Waals surface area (Å²) in [5.41, 5.74) is 2.23. The smallest absolute Gasteiger partial charge is 0.300 e. The summed E-state index contributed by atoms with van der Waals surface area (Å²) in [6.45, 7) is 2.16. The Morgan fingerprint density at radius 3 is 2.55 bits per heavy atom. The number of nitrogens with zero attached hydrogens (tertiary/aromatic N) is 1. The predicted octanol–water partition coefficient (Wildman–Crippen LogP) is 0.121. The van der Waals surface area contributed by atoms with E-state index in [9.17, 15) is 4.57 Å². The zero-order valence-corrected chi connectivity index (χ0v) is 7.67. The molecule has 0 aromatic carbocycles. The van der Waals surface area contributed by atoms with E-state index in [1.807, 2.05) is 0 Å². The average Bonchev–Trinajstić information content (AvgIpc) is 1.81. The third-order valence-electron chi connectivity index (χ3n) is 0.591. The molecular formula is C4H13N2O4P. The summed E-state index contributed by atoms with van der Waals surface area (Å²) in [5.74, 6) is 0. The van der Waals surface area contributed by atoms with Crippen LogP contribution in [0.15, 0.2) is 0 Å². The average molecular weight is 184 g/mol. The zero-order chi connectivity index (χ0) is 8.91. The molecule has 0 bridgehead atoms. The van der Waals surface area contributed by atoms with Crippen molar-refractivity contribution in [3.63, 3.8) is 0 Å². The van der Waals surface area contributed by atoms with E-state index in [1.165, 1.54) is 14.1 Å². The quantitative estimate of drug-likeness (QED) is 0.467. The van der Waals surface area contributed by atoms with Gasteiger partial charge in [0.2, 0.25) is 0 Å². The standard InChI is InChI=1S/C4H13N2O4P/c1-4-5-9-11(7,8)10-6(2)3/h5H,4H2,1-3H3,(H,7,8). The minimum absolute atomic E-state index is 0.432. The third kappa shape index (κ3) is 6.43. The molecule has 2 N–H and O–H groups in total. The Morgan fingerprint density at radius 2 is 2.18 bits per heavy atom. The van der Waals surface area contributed by atoms with Crippen LogP contribution in [-0.2, 0) is 13.8 Å². The van der Waals surface area contributed by atoms with Crippen molar-refractivity contribution in [3.05, 3.63) is 0 Å². The van der Waals surface area contributed by atoms with Gasteiger partial charge in [0.05, 0.1) is 0 Å². The second kappa shape index (κ2) is 4.82. The minimum atomic E-state index is -3.95. The van der Waals surface area contributed by atoms with Crippen LogP contribution in [0.4, 0.5) is 0 Å². The van der Waals surface area contributed by atoms with E-state index in [0.717, 1.165) is 5.06 Å². The highest BCUT2D eigenvalue weighted by atomic mass is 31.2. The molecule has 0 aliphatic heterocycles. The Hall–Kier alpha value is 0.0300. The first-order chi connectivity index (χ1) is 4.98. The topological polar surface area (TPSA) is 71.0 Å². The van der Waals surface area contributed by atoms with Gasteiger partial charge in [-0.15, -0.1) is 0 Å². The zero-order valence-electron chi connectivity index (χ0n) is 6.77. The lowest BCUT2D eigenvalue weighted by molar-refractivity contribution is -0.0515. The lowest BCUT2D eigenvalue weighted by atomic mass is 10.8. The van der Waals surface area contributed by atoms with Crippen LogP contribution in [0.3, 0.4) is 0 Å². The first-order valence-electron chi connectivity index (χ1n) is 3.09. The molecule has 0 saturated carbocycles. The van der Waals surface area contributed by atoms with E-state index in [1.54, 1.807) is 6.92 Å². The summed E-state index contributed by atoms with van der Waals surface area (Å²) in [7, 11) is -0.982. The normalized spacial score (nSPS) is 16.8. The summed E-state index contributed by atoms with van der Waals surface area (Å²) in [4.78, 5) is 8.82. The summed E-state index contributed by atoms with van der Waals surface area (Å²) in [6, 6.07) is 0. The van der Waals surface area contributed by atoms with Gasteiger partial charge in [0.1, 0.15) is 0 Å². The molecule has 1 atom stereocenters. The van der Waals surface area contributed by atoms with Crippen molar-refractivity contribution in [1.82, 2.24) is 10.5 Å². The van der Waals surface area contributed by atoms with Crippen LogP contribution >= 0.6 is 7.82 Å². The van der Waals surface area contributed by atoms with Gasteiger partial charge in [-0.1, -0.05) is 6.92 Å². The van der Waals surface area contributed by atoms with Crippen molar-refractivity contribution in [2.45, 2.75) is 6.92 Å². The van der Waals surface area contributed by atoms with E-state index in [4.69, 9.17) is 4.89 Å². The van der Waals surface area contributed by atoms with Gasteiger partial charge in [0, 0.05) is 20.6 Å². The number of hydrogen-bond donors (Lipinski definition) is 2. The summed E-state index contributed by atoms with van der Waals surface area (Å²) < 4.78 is 19.5. The molecule has 0 amide bonds. The first kappa shape index (κ1) is 11.0. The highest BCUT2D eigenvalue weighted by Crippen LogP contribution is 2.41. The van der Waals surface area contributed by atoms with Gasteiger partial charge in [-0.05, 0) is 0 Å². The molecule has 0 heterocycles. The van der Waals surface area contributed by atoms with Gasteiger partial charge in [-0.2, -0.15) is 19.8 Å². The molecule has 7 heteroatoms. The highest BCUT2D eigenvalue weighted by Gasteiger charge is 2.22. The Bertz CT molecular complexity index is 151. The van der Waals surface area contributed by atoms with Crippen LogP contribution in [0.2, 0.25) is 0 Å². The van der Waals surface area contributed by atoms with Crippen LogP contribution in [0, 0.1) is 0 Å². The fourth-order valence-electron chi connectivity index (χ4n) is 0.369. The predicted molar refractivity (Wildman–Crippen MR) is 39.4 cm³/mol. The number of rotatable bonds is 5. The number of phosphoric acid groups is 1. The molecule has 0 spiro atoms. The molecule has 1 unspecified atom stereocenters. The van der Waals surface area contributed by atoms with Crippen molar-refractivity contribution in [3.8, 4) is 0 Å². The van der Waals surface area contributed by atoms with Crippen molar-refractivity contribution < 1.29 is 18.7 Å². The molecule has 0 rings (SSSR count). The SMILES string of the molecule is CCNOP(=O)(O)ON(C)C. The summed E-state index contributed by atoms with van der Waals surface area (Å²) in [5, 5.41) is 1.10. The van der Waals surface area contributed by atoms with E-state index < -0.39 is 7.82 Å². The number of nitrogens with one attached hydrogen (secondary N) is 1. The highest BCUT2D eigenvalue weighted by molar-refractivity contribution is 7.47. The molecule has 0 aromatic heterocycles. The van der Waals surface area contributed by atoms with Crippen molar-refractivity contribution in [1.29, 1.82) is 0 Å². The van der Waals surface area contributed by atoms with Gasteiger partial charge in [-0.3, -0.25) is 0 Å². The Morgan fingerprint density at radius 1 is 1.64 bits per heavy atom. The van der Waals surface area contributed by atoms with Crippen LogP contribution in [0.1, 0.15) is 6.92 Å². The maximum atomic E-state index is 10.8. The Kier molecular flexibility index (Phi) is 4.83. The summed E-state index contributed by atoms with van der Waals surface area (Å²) >= 11 is 0. The molecule has 0 fully saturated rings. The molecular weight excluding hydrogens is 171 g/mol. The van der Waals surface area contributed by atoms with Crippen LogP contribution in [0.5, 0.6) is 0 Å². The largest absolute Gasteiger partial charge is 0.505 e. The minimum Gasteiger partial charge on any atom is -0.300 e. The second-order valence-electron chi connectivity index (χ2n) is 1.95. The van der Waals surface area contributed by atoms with Gasteiger partial charge in [0.15, 0.2) is 0 Å². The monoisotopic (exact) mass is 184 g/mol. The molecule has 0 radical (unpaired) electrons. The van der Waals surface area contributed by atoms with Gasteiger partial charge in [-0.25, -0.2) is 4.57 Å². The van der Waals surface area contributed by atoms with Crippen molar-refractivity contribution >= 4 is 7.82 Å². The first-order valence-corrected chi connectivity index (χ1v) is 4.58. The Balaban J connectivity index is 3.71. The van der Waals surface area contributed by atoms with E-state index in [-0.39, 0.29) is 0 Å². The fraction of sp³-hybridized carbons (Fsp3) is 1.00. The maximum absolute atomic E-state index is 10.8. The fourth-order valence-corrected chi connectivity index (χ4v) is 1.11. The number of hydrogen-bond acceptors (Lipinski definition) is 5. The van der Waals surface area contributed by atoms with E-state index >= 15 is 0 Å². The molecule has 0 aliphatic carbocycles.